The molecule has 7 nitrogen and oxygen atoms in total. The van der Waals surface area contributed by atoms with Crippen molar-refractivity contribution in [3.8, 4) is 5.75 Å². The molecule has 0 radical (unpaired) electrons. The van der Waals surface area contributed by atoms with E-state index in [0.717, 1.165) is 29.9 Å². The lowest BCUT2D eigenvalue weighted by molar-refractivity contribution is -0.136. The van der Waals surface area contributed by atoms with Crippen LogP contribution in [0.2, 0.25) is 5.02 Å². The zero-order valence-corrected chi connectivity index (χ0v) is 22.4. The van der Waals surface area contributed by atoms with E-state index in [-0.39, 0.29) is 5.56 Å². The van der Waals surface area contributed by atoms with E-state index in [1.165, 1.54) is 18.4 Å². The van der Waals surface area contributed by atoms with Gasteiger partial charge in [0.05, 0.1) is 36.1 Å². The molecular weight excluding hydrogens is 498 g/mol. The number of fused-ring (bicyclic) bond motifs is 1. The van der Waals surface area contributed by atoms with Gasteiger partial charge in [-0.15, -0.1) is 0 Å². The molecule has 188 valence electrons. The van der Waals surface area contributed by atoms with Crippen LogP contribution in [0, 0.1) is 0 Å². The summed E-state index contributed by atoms with van der Waals surface area (Å²) >= 11 is 7.37. The van der Waals surface area contributed by atoms with Crippen molar-refractivity contribution in [1.29, 1.82) is 0 Å². The topological polar surface area (TPSA) is 73.1 Å². The maximum atomic E-state index is 13.7. The third-order valence-electron chi connectivity index (χ3n) is 6.24. The maximum absolute atomic E-state index is 13.7. The Morgan fingerprint density at radius 3 is 2.47 bits per heavy atom. The van der Waals surface area contributed by atoms with Gasteiger partial charge in [0.15, 0.2) is 4.80 Å². The number of ether oxygens (including phenoxy) is 2. The van der Waals surface area contributed by atoms with Gasteiger partial charge in [0, 0.05) is 35.4 Å². The molecule has 0 unspecified atom stereocenters. The fraction of sp³-hybridized carbons (Fsp3) is 0.296. The van der Waals surface area contributed by atoms with Crippen molar-refractivity contribution in [3.05, 3.63) is 89.6 Å². The molecule has 2 heterocycles. The first-order valence-corrected chi connectivity index (χ1v) is 12.8. The van der Waals surface area contributed by atoms with Gasteiger partial charge in [0.25, 0.3) is 5.56 Å². The lowest BCUT2D eigenvalue weighted by atomic mass is 9.96. The van der Waals surface area contributed by atoms with Gasteiger partial charge in [0.2, 0.25) is 0 Å². The highest BCUT2D eigenvalue weighted by Crippen LogP contribution is 2.31. The average Bonchev–Trinajstić information content (AvgIpc) is 3.18. The van der Waals surface area contributed by atoms with Gasteiger partial charge in [-0.1, -0.05) is 35.1 Å². The molecule has 0 N–H and O–H groups in total. The largest absolute Gasteiger partial charge is 0.496 e. The van der Waals surface area contributed by atoms with Crippen LogP contribution in [0.15, 0.2) is 63.5 Å². The minimum Gasteiger partial charge on any atom is -0.496 e. The first-order valence-electron chi connectivity index (χ1n) is 11.6. The second-order valence-electron chi connectivity index (χ2n) is 8.22. The van der Waals surface area contributed by atoms with E-state index in [2.05, 4.69) is 23.7 Å². The number of rotatable bonds is 7. The van der Waals surface area contributed by atoms with Crippen LogP contribution in [0.5, 0.6) is 5.75 Å². The van der Waals surface area contributed by atoms with E-state index >= 15 is 0 Å². The van der Waals surface area contributed by atoms with Gasteiger partial charge in [0.1, 0.15) is 5.75 Å². The summed E-state index contributed by atoms with van der Waals surface area (Å²) in [6.07, 6.45) is 1.81. The number of benzene rings is 2. The Morgan fingerprint density at radius 2 is 1.86 bits per heavy atom. The molecule has 0 saturated carbocycles. The molecule has 2 aromatic carbocycles. The fourth-order valence-electron chi connectivity index (χ4n) is 4.40. The standard InChI is InChI=1S/C27H28ClN3O4S/c1-6-30(7-2)20-13-10-18(21(15-20)34-4)14-22-25(32)31-24(17-8-11-19(28)12-9-17)23(26(33)35-5)16(3)29-27(31)36-22/h8-15,24H,6-7H2,1-5H3/b22-14-/t24-/m1/s1. The quantitative estimate of drug-likeness (QED) is 0.437. The molecule has 1 atom stereocenters. The van der Waals surface area contributed by atoms with E-state index in [4.69, 9.17) is 21.1 Å². The molecule has 1 aliphatic rings. The lowest BCUT2D eigenvalue weighted by Gasteiger charge is -2.24. The van der Waals surface area contributed by atoms with E-state index in [9.17, 15) is 9.59 Å². The van der Waals surface area contributed by atoms with Crippen LogP contribution in [0.25, 0.3) is 6.08 Å². The summed E-state index contributed by atoms with van der Waals surface area (Å²) in [6, 6.07) is 12.4. The average molecular weight is 526 g/mol. The third kappa shape index (κ3) is 4.70. The number of thiazole rings is 1. The minimum atomic E-state index is -0.681. The molecule has 0 amide bonds. The van der Waals surface area contributed by atoms with Crippen molar-refractivity contribution in [2.24, 2.45) is 4.99 Å². The Bertz CT molecular complexity index is 1500. The smallest absolute Gasteiger partial charge is 0.338 e. The molecule has 1 aromatic heterocycles. The fourth-order valence-corrected chi connectivity index (χ4v) is 5.56. The number of nitrogens with zero attached hydrogens (tertiary/aromatic N) is 3. The molecule has 0 spiro atoms. The highest BCUT2D eigenvalue weighted by atomic mass is 35.5. The predicted molar refractivity (Wildman–Crippen MR) is 144 cm³/mol. The number of hydrogen-bond donors (Lipinski definition) is 0. The van der Waals surface area contributed by atoms with Gasteiger partial charge >= 0.3 is 5.97 Å². The molecule has 0 aliphatic carbocycles. The summed E-state index contributed by atoms with van der Waals surface area (Å²) in [4.78, 5) is 33.8. The SMILES string of the molecule is CCN(CC)c1ccc(/C=c2\sc3n(c2=O)[C@H](c2ccc(Cl)cc2)C(C(=O)OC)=C(C)N=3)c(OC)c1. The number of anilines is 1. The normalized spacial score (nSPS) is 15.4. The summed E-state index contributed by atoms with van der Waals surface area (Å²) in [5.41, 5.74) is 3.16. The van der Waals surface area contributed by atoms with Gasteiger partial charge in [-0.05, 0) is 56.7 Å². The van der Waals surface area contributed by atoms with Crippen LogP contribution in [-0.4, -0.2) is 37.8 Å². The molecule has 4 rings (SSSR count). The van der Waals surface area contributed by atoms with E-state index in [1.54, 1.807) is 42.9 Å². The van der Waals surface area contributed by atoms with Crippen molar-refractivity contribution in [1.82, 2.24) is 4.57 Å². The van der Waals surface area contributed by atoms with Gasteiger partial charge in [-0.25, -0.2) is 9.79 Å². The number of hydrogen-bond acceptors (Lipinski definition) is 7. The molecule has 0 fully saturated rings. The Hall–Kier alpha value is -3.36. The maximum Gasteiger partial charge on any atom is 0.338 e. The van der Waals surface area contributed by atoms with Crippen LogP contribution >= 0.6 is 22.9 Å². The Balaban J connectivity index is 1.91. The summed E-state index contributed by atoms with van der Waals surface area (Å²) < 4.78 is 12.7. The highest BCUT2D eigenvalue weighted by Gasteiger charge is 2.33. The number of carbonyl (C=O) groups is 1. The lowest BCUT2D eigenvalue weighted by Crippen LogP contribution is -2.39. The summed E-state index contributed by atoms with van der Waals surface area (Å²) in [5, 5.41) is 0.562. The van der Waals surface area contributed by atoms with Crippen molar-refractivity contribution in [2.75, 3.05) is 32.2 Å². The van der Waals surface area contributed by atoms with Gasteiger partial charge < -0.3 is 14.4 Å². The van der Waals surface area contributed by atoms with Crippen LogP contribution < -0.4 is 24.5 Å². The van der Waals surface area contributed by atoms with Crippen molar-refractivity contribution in [2.45, 2.75) is 26.8 Å². The highest BCUT2D eigenvalue weighted by molar-refractivity contribution is 7.07. The third-order valence-corrected chi connectivity index (χ3v) is 7.48. The van der Waals surface area contributed by atoms with E-state index in [0.29, 0.717) is 31.4 Å². The molecule has 0 saturated heterocycles. The first kappa shape index (κ1) is 25.7. The molecule has 0 bridgehead atoms. The van der Waals surface area contributed by atoms with Gasteiger partial charge in [-0.2, -0.15) is 0 Å². The Kier molecular flexibility index (Phi) is 7.66. The zero-order chi connectivity index (χ0) is 26.0. The van der Waals surface area contributed by atoms with Crippen LogP contribution in [0.4, 0.5) is 5.69 Å². The predicted octanol–water partition coefficient (Wildman–Crippen LogP) is 3.92. The zero-order valence-electron chi connectivity index (χ0n) is 20.9. The number of methoxy groups -OCH3 is 2. The molecule has 1 aliphatic heterocycles. The second kappa shape index (κ2) is 10.7. The Morgan fingerprint density at radius 1 is 1.17 bits per heavy atom. The van der Waals surface area contributed by atoms with E-state index < -0.39 is 12.0 Å². The minimum absolute atomic E-state index is 0.248. The number of esters is 1. The summed E-state index contributed by atoms with van der Waals surface area (Å²) in [6.45, 7) is 7.72. The molecule has 3 aromatic rings. The van der Waals surface area contributed by atoms with Crippen molar-refractivity contribution in [3.63, 3.8) is 0 Å². The summed E-state index contributed by atoms with van der Waals surface area (Å²) in [5.74, 6) is 0.144. The van der Waals surface area contributed by atoms with Crippen LogP contribution in [-0.2, 0) is 9.53 Å². The monoisotopic (exact) mass is 525 g/mol. The molecule has 9 heteroatoms. The van der Waals surface area contributed by atoms with Gasteiger partial charge in [-0.3, -0.25) is 9.36 Å². The van der Waals surface area contributed by atoms with Crippen LogP contribution in [0.3, 0.4) is 0 Å². The molecular formula is C27H28ClN3O4S. The van der Waals surface area contributed by atoms with E-state index in [1.807, 2.05) is 24.3 Å². The Labute approximate surface area is 218 Å². The number of carbonyl (C=O) groups excluding carboxylic acids is 1. The second-order valence-corrected chi connectivity index (χ2v) is 9.67. The van der Waals surface area contributed by atoms with Crippen molar-refractivity contribution < 1.29 is 14.3 Å². The number of halogens is 1. The first-order chi connectivity index (χ1) is 17.3. The van der Waals surface area contributed by atoms with Crippen molar-refractivity contribution >= 4 is 40.7 Å². The molecule has 36 heavy (non-hydrogen) atoms. The summed E-state index contributed by atoms with van der Waals surface area (Å²) in [7, 11) is 2.94. The number of allylic oxidation sites excluding steroid dienone is 1. The van der Waals surface area contributed by atoms with Crippen LogP contribution in [0.1, 0.15) is 37.9 Å². The number of aromatic nitrogens is 1.